The number of methoxy groups -OCH3 is 3. The number of ether oxygens (including phenoxy) is 3. The zero-order valence-corrected chi connectivity index (χ0v) is 15.9. The van der Waals surface area contributed by atoms with Crippen molar-refractivity contribution in [1.29, 1.82) is 0 Å². The van der Waals surface area contributed by atoms with Gasteiger partial charge in [-0.15, -0.1) is 0 Å². The fraction of sp³-hybridized carbons (Fsp3) is 0.158. The number of para-hydroxylation sites is 1. The summed E-state index contributed by atoms with van der Waals surface area (Å²) in [6, 6.07) is 12.3. The van der Waals surface area contributed by atoms with Crippen molar-refractivity contribution in [2.75, 3.05) is 32.4 Å². The molecule has 0 unspecified atom stereocenters. The molecule has 1 heterocycles. The molecule has 1 aromatic heterocycles. The molecule has 0 saturated carbocycles. The number of nitrogens with zero attached hydrogens (tertiary/aromatic N) is 1. The maximum absolute atomic E-state index is 12.9. The van der Waals surface area contributed by atoms with E-state index in [1.54, 1.807) is 56.7 Å². The molecule has 0 radical (unpaired) electrons. The molecular formula is C19H19N3O4S. The second-order valence-electron chi connectivity index (χ2n) is 5.49. The number of hydrogen-bond donors (Lipinski definition) is 2. The summed E-state index contributed by atoms with van der Waals surface area (Å²) in [4.78, 5) is 17.5. The number of benzene rings is 2. The van der Waals surface area contributed by atoms with Crippen molar-refractivity contribution in [3.05, 3.63) is 52.9 Å². The molecular weight excluding hydrogens is 366 g/mol. The minimum absolute atomic E-state index is 0.160. The largest absolute Gasteiger partial charge is 0.497 e. The van der Waals surface area contributed by atoms with Crippen LogP contribution in [0.2, 0.25) is 0 Å². The normalized spacial score (nSPS) is 10.3. The molecule has 27 heavy (non-hydrogen) atoms. The number of nitrogen functional groups attached to an aromatic ring is 1. The number of thiazole rings is 1. The lowest BCUT2D eigenvalue weighted by Crippen LogP contribution is -2.04. The van der Waals surface area contributed by atoms with Gasteiger partial charge in [-0.3, -0.25) is 4.79 Å². The van der Waals surface area contributed by atoms with Crippen LogP contribution in [0.25, 0.3) is 0 Å². The number of nitrogens with two attached hydrogens (primary N) is 1. The first-order chi connectivity index (χ1) is 13.0. The highest BCUT2D eigenvalue weighted by Crippen LogP contribution is 2.33. The summed E-state index contributed by atoms with van der Waals surface area (Å²) in [6.07, 6.45) is 0. The van der Waals surface area contributed by atoms with Crippen LogP contribution in [0.1, 0.15) is 15.2 Å². The van der Waals surface area contributed by atoms with Gasteiger partial charge >= 0.3 is 0 Å². The molecule has 3 rings (SSSR count). The number of carbonyl (C=O) groups is 1. The Morgan fingerprint density at radius 1 is 1.04 bits per heavy atom. The van der Waals surface area contributed by atoms with Gasteiger partial charge in [0.25, 0.3) is 0 Å². The highest BCUT2D eigenvalue weighted by molar-refractivity contribution is 7.18. The van der Waals surface area contributed by atoms with E-state index < -0.39 is 0 Å². The Morgan fingerprint density at radius 2 is 1.70 bits per heavy atom. The summed E-state index contributed by atoms with van der Waals surface area (Å²) in [5, 5.41) is 3.62. The lowest BCUT2D eigenvalue weighted by Gasteiger charge is -2.08. The van der Waals surface area contributed by atoms with Crippen LogP contribution in [0.4, 0.5) is 16.6 Å². The number of rotatable bonds is 7. The van der Waals surface area contributed by atoms with E-state index in [4.69, 9.17) is 19.9 Å². The highest BCUT2D eigenvalue weighted by Gasteiger charge is 2.21. The number of ketones is 1. The standard InChI is InChI=1S/C19H19N3O4S/c1-24-12-8-11(9-13(10-12)25-2)21-19-22-18(20)17(27-19)16(23)14-6-4-5-7-15(14)26-3/h4-10H,20H2,1-3H3,(H,21,22). The topological polar surface area (TPSA) is 95.7 Å². The predicted octanol–water partition coefficient (Wildman–Crippen LogP) is 3.73. The second-order valence-corrected chi connectivity index (χ2v) is 6.49. The van der Waals surface area contributed by atoms with Gasteiger partial charge in [0.2, 0.25) is 5.78 Å². The van der Waals surface area contributed by atoms with Gasteiger partial charge in [0.15, 0.2) is 5.13 Å². The lowest BCUT2D eigenvalue weighted by atomic mass is 10.1. The first-order valence-corrected chi connectivity index (χ1v) is 8.81. The van der Waals surface area contributed by atoms with Crippen molar-refractivity contribution in [3.63, 3.8) is 0 Å². The molecule has 0 bridgehead atoms. The highest BCUT2D eigenvalue weighted by atomic mass is 32.1. The molecule has 0 aliphatic heterocycles. The Labute approximate surface area is 160 Å². The van der Waals surface area contributed by atoms with E-state index in [-0.39, 0.29) is 11.6 Å². The Kier molecular flexibility index (Phi) is 5.46. The fourth-order valence-corrected chi connectivity index (χ4v) is 3.36. The number of anilines is 3. The SMILES string of the molecule is COc1cc(Nc2nc(N)c(C(=O)c3ccccc3OC)s2)cc(OC)c1. The molecule has 0 spiro atoms. The van der Waals surface area contributed by atoms with Gasteiger partial charge in [-0.25, -0.2) is 4.98 Å². The molecule has 0 saturated heterocycles. The predicted molar refractivity (Wildman–Crippen MR) is 106 cm³/mol. The molecule has 140 valence electrons. The molecule has 0 aliphatic carbocycles. The van der Waals surface area contributed by atoms with E-state index in [0.717, 1.165) is 0 Å². The van der Waals surface area contributed by atoms with Crippen LogP contribution in [-0.4, -0.2) is 32.1 Å². The Hall–Kier alpha value is -3.26. The van der Waals surface area contributed by atoms with Crippen LogP contribution in [0.3, 0.4) is 0 Å². The maximum atomic E-state index is 12.9. The zero-order chi connectivity index (χ0) is 19.4. The number of hydrogen-bond acceptors (Lipinski definition) is 8. The average molecular weight is 385 g/mol. The van der Waals surface area contributed by atoms with Crippen LogP contribution in [0.15, 0.2) is 42.5 Å². The smallest absolute Gasteiger partial charge is 0.210 e. The third-order valence-corrected chi connectivity index (χ3v) is 4.80. The fourth-order valence-electron chi connectivity index (χ4n) is 2.51. The molecule has 0 amide bonds. The van der Waals surface area contributed by atoms with Crippen molar-refractivity contribution in [2.24, 2.45) is 0 Å². The van der Waals surface area contributed by atoms with Gasteiger partial charge in [0.05, 0.1) is 26.9 Å². The van der Waals surface area contributed by atoms with Crippen LogP contribution >= 0.6 is 11.3 Å². The van der Waals surface area contributed by atoms with E-state index >= 15 is 0 Å². The van der Waals surface area contributed by atoms with Crippen molar-refractivity contribution in [3.8, 4) is 17.2 Å². The molecule has 8 heteroatoms. The van der Waals surface area contributed by atoms with Gasteiger partial charge in [-0.2, -0.15) is 0 Å². The van der Waals surface area contributed by atoms with Crippen LogP contribution in [0, 0.1) is 0 Å². The van der Waals surface area contributed by atoms with Crippen molar-refractivity contribution in [2.45, 2.75) is 0 Å². The molecule has 3 aromatic rings. The second kappa shape index (κ2) is 7.96. The monoisotopic (exact) mass is 385 g/mol. The Bertz CT molecular complexity index is 949. The van der Waals surface area contributed by atoms with Gasteiger partial charge in [-0.05, 0) is 12.1 Å². The molecule has 2 aromatic carbocycles. The van der Waals surface area contributed by atoms with E-state index in [9.17, 15) is 4.79 Å². The van der Waals surface area contributed by atoms with Gasteiger partial charge in [0.1, 0.15) is 27.9 Å². The van der Waals surface area contributed by atoms with E-state index in [1.807, 2.05) is 0 Å². The first-order valence-electron chi connectivity index (χ1n) is 7.99. The number of carbonyl (C=O) groups excluding carboxylic acids is 1. The molecule has 7 nitrogen and oxygen atoms in total. The zero-order valence-electron chi connectivity index (χ0n) is 15.1. The summed E-state index contributed by atoms with van der Waals surface area (Å²) in [7, 11) is 4.67. The van der Waals surface area contributed by atoms with E-state index in [0.29, 0.717) is 38.5 Å². The molecule has 0 atom stereocenters. The van der Waals surface area contributed by atoms with Gasteiger partial charge < -0.3 is 25.3 Å². The molecule has 0 aliphatic rings. The van der Waals surface area contributed by atoms with Crippen LogP contribution in [-0.2, 0) is 0 Å². The third-order valence-electron chi connectivity index (χ3n) is 3.81. The summed E-state index contributed by atoms with van der Waals surface area (Å²) < 4.78 is 15.8. The summed E-state index contributed by atoms with van der Waals surface area (Å²) in [6.45, 7) is 0. The van der Waals surface area contributed by atoms with Crippen molar-refractivity contribution >= 4 is 33.8 Å². The van der Waals surface area contributed by atoms with Crippen LogP contribution in [0.5, 0.6) is 17.2 Å². The minimum atomic E-state index is -0.237. The maximum Gasteiger partial charge on any atom is 0.210 e. The number of aromatic nitrogens is 1. The Morgan fingerprint density at radius 3 is 2.33 bits per heavy atom. The number of nitrogens with one attached hydrogen (secondary N) is 1. The van der Waals surface area contributed by atoms with E-state index in [1.165, 1.54) is 18.4 Å². The summed E-state index contributed by atoms with van der Waals surface area (Å²) >= 11 is 1.17. The molecule has 3 N–H and O–H groups in total. The summed E-state index contributed by atoms with van der Waals surface area (Å²) in [5.74, 6) is 1.67. The van der Waals surface area contributed by atoms with Gasteiger partial charge in [0, 0.05) is 23.9 Å². The third kappa shape index (κ3) is 3.95. The minimum Gasteiger partial charge on any atom is -0.497 e. The van der Waals surface area contributed by atoms with E-state index in [2.05, 4.69) is 10.3 Å². The first kappa shape index (κ1) is 18.5. The van der Waals surface area contributed by atoms with Crippen LogP contribution < -0.4 is 25.3 Å². The average Bonchev–Trinajstić information content (AvgIpc) is 3.06. The lowest BCUT2D eigenvalue weighted by molar-refractivity contribution is 0.104. The van der Waals surface area contributed by atoms with Crippen molar-refractivity contribution in [1.82, 2.24) is 4.98 Å². The quantitative estimate of drug-likeness (QED) is 0.598. The van der Waals surface area contributed by atoms with Gasteiger partial charge in [-0.1, -0.05) is 23.5 Å². The molecule has 0 fully saturated rings. The summed E-state index contributed by atoms with van der Waals surface area (Å²) in [5.41, 5.74) is 7.13. The van der Waals surface area contributed by atoms with Crippen molar-refractivity contribution < 1.29 is 19.0 Å². The Balaban J connectivity index is 1.90.